The van der Waals surface area contributed by atoms with Gasteiger partial charge in [0.05, 0.1) is 18.6 Å². The molecule has 0 atom stereocenters. The summed E-state index contributed by atoms with van der Waals surface area (Å²) in [6.45, 7) is 4.21. The van der Waals surface area contributed by atoms with Crippen molar-refractivity contribution in [2.24, 2.45) is 0 Å². The Morgan fingerprint density at radius 1 is 1.50 bits per heavy atom. The van der Waals surface area contributed by atoms with Gasteiger partial charge in [0.25, 0.3) is 5.91 Å². The number of hydrogen-bond acceptors (Lipinski definition) is 6. The van der Waals surface area contributed by atoms with Crippen molar-refractivity contribution in [3.63, 3.8) is 0 Å². The molecule has 116 valence electrons. The standard InChI is InChI=1S/C13H14N4O4S/c1-2-5-17-10(15-16-13(17)22-8-11(18)19)7-14-12(20)9-4-3-6-21-9/h2-4,6H,1,5,7-8H2,(H,14,20)(H,18,19). The number of aliphatic carboxylic acids is 1. The molecule has 2 heterocycles. The van der Waals surface area contributed by atoms with Gasteiger partial charge in [-0.1, -0.05) is 17.8 Å². The molecule has 1 amide bonds. The van der Waals surface area contributed by atoms with E-state index in [2.05, 4.69) is 22.1 Å². The van der Waals surface area contributed by atoms with Crippen LogP contribution >= 0.6 is 11.8 Å². The number of carbonyl (C=O) groups is 2. The van der Waals surface area contributed by atoms with Crippen LogP contribution in [0.15, 0.2) is 40.6 Å². The molecule has 0 aliphatic carbocycles. The quantitative estimate of drug-likeness (QED) is 0.554. The molecule has 9 heteroatoms. The van der Waals surface area contributed by atoms with Crippen molar-refractivity contribution >= 4 is 23.6 Å². The molecule has 0 aromatic carbocycles. The third kappa shape index (κ3) is 3.98. The molecule has 0 spiro atoms. The lowest BCUT2D eigenvalue weighted by molar-refractivity contribution is -0.133. The van der Waals surface area contributed by atoms with Crippen molar-refractivity contribution in [1.29, 1.82) is 0 Å². The van der Waals surface area contributed by atoms with E-state index in [1.807, 2.05) is 0 Å². The number of hydrogen-bond donors (Lipinski definition) is 2. The third-order valence-electron chi connectivity index (χ3n) is 2.58. The van der Waals surface area contributed by atoms with Gasteiger partial charge in [0.15, 0.2) is 16.7 Å². The van der Waals surface area contributed by atoms with Gasteiger partial charge in [0.1, 0.15) is 0 Å². The second kappa shape index (κ2) is 7.46. The molecular formula is C13H14N4O4S. The van der Waals surface area contributed by atoms with Crippen LogP contribution in [0.3, 0.4) is 0 Å². The summed E-state index contributed by atoms with van der Waals surface area (Å²) in [6.07, 6.45) is 3.06. The normalized spacial score (nSPS) is 10.4. The molecule has 0 saturated carbocycles. The van der Waals surface area contributed by atoms with Crippen LogP contribution < -0.4 is 5.32 Å². The van der Waals surface area contributed by atoms with E-state index in [9.17, 15) is 9.59 Å². The van der Waals surface area contributed by atoms with E-state index >= 15 is 0 Å². The van der Waals surface area contributed by atoms with Crippen LogP contribution in [-0.4, -0.2) is 37.5 Å². The highest BCUT2D eigenvalue weighted by atomic mass is 32.2. The van der Waals surface area contributed by atoms with Crippen LogP contribution in [0.5, 0.6) is 0 Å². The van der Waals surface area contributed by atoms with Crippen molar-refractivity contribution in [3.05, 3.63) is 42.6 Å². The minimum Gasteiger partial charge on any atom is -0.481 e. The molecule has 0 radical (unpaired) electrons. The number of rotatable bonds is 8. The lowest BCUT2D eigenvalue weighted by Gasteiger charge is -2.07. The van der Waals surface area contributed by atoms with E-state index < -0.39 is 5.97 Å². The lowest BCUT2D eigenvalue weighted by atomic mass is 10.4. The molecule has 2 aromatic heterocycles. The maximum absolute atomic E-state index is 11.8. The van der Waals surface area contributed by atoms with Gasteiger partial charge in [-0.3, -0.25) is 9.59 Å². The van der Waals surface area contributed by atoms with E-state index in [1.165, 1.54) is 6.26 Å². The smallest absolute Gasteiger partial charge is 0.313 e. The molecule has 0 unspecified atom stereocenters. The van der Waals surface area contributed by atoms with Gasteiger partial charge in [-0.05, 0) is 12.1 Å². The van der Waals surface area contributed by atoms with Crippen LogP contribution in [0.1, 0.15) is 16.4 Å². The minimum atomic E-state index is -0.939. The molecular weight excluding hydrogens is 308 g/mol. The SMILES string of the molecule is C=CCn1c(CNC(=O)c2ccco2)nnc1SCC(=O)O. The van der Waals surface area contributed by atoms with Crippen molar-refractivity contribution < 1.29 is 19.1 Å². The second-order valence-corrected chi connectivity index (χ2v) is 5.08. The summed E-state index contributed by atoms with van der Waals surface area (Å²) in [5.41, 5.74) is 0. The lowest BCUT2D eigenvalue weighted by Crippen LogP contribution is -2.24. The van der Waals surface area contributed by atoms with E-state index in [1.54, 1.807) is 22.8 Å². The zero-order chi connectivity index (χ0) is 15.9. The highest BCUT2D eigenvalue weighted by molar-refractivity contribution is 7.99. The van der Waals surface area contributed by atoms with Crippen molar-refractivity contribution in [3.8, 4) is 0 Å². The van der Waals surface area contributed by atoms with Crippen LogP contribution in [-0.2, 0) is 17.9 Å². The Morgan fingerprint density at radius 3 is 2.95 bits per heavy atom. The topological polar surface area (TPSA) is 110 Å². The first-order valence-corrected chi connectivity index (χ1v) is 7.29. The number of carbonyl (C=O) groups excluding carboxylic acids is 1. The number of thioether (sulfide) groups is 1. The maximum atomic E-state index is 11.8. The largest absolute Gasteiger partial charge is 0.481 e. The first kappa shape index (κ1) is 15.8. The monoisotopic (exact) mass is 322 g/mol. The summed E-state index contributed by atoms with van der Waals surface area (Å²) >= 11 is 1.06. The van der Waals surface area contributed by atoms with E-state index in [0.29, 0.717) is 17.5 Å². The van der Waals surface area contributed by atoms with Crippen LogP contribution in [0.2, 0.25) is 0 Å². The number of amides is 1. The summed E-state index contributed by atoms with van der Waals surface area (Å²) in [7, 11) is 0. The Balaban J connectivity index is 2.04. The molecule has 2 N–H and O–H groups in total. The minimum absolute atomic E-state index is 0.117. The molecule has 8 nitrogen and oxygen atoms in total. The Hall–Kier alpha value is -2.55. The van der Waals surface area contributed by atoms with Crippen LogP contribution in [0, 0.1) is 0 Å². The Morgan fingerprint density at radius 2 is 2.32 bits per heavy atom. The van der Waals surface area contributed by atoms with E-state index in [0.717, 1.165) is 11.8 Å². The Bertz CT molecular complexity index is 666. The number of carboxylic acid groups (broad SMARTS) is 1. The molecule has 0 aliphatic heterocycles. The summed E-state index contributed by atoms with van der Waals surface area (Å²) in [6, 6.07) is 3.17. The number of furan rings is 1. The van der Waals surface area contributed by atoms with Crippen LogP contribution in [0.25, 0.3) is 0 Å². The first-order chi connectivity index (χ1) is 10.6. The molecule has 0 saturated heterocycles. The summed E-state index contributed by atoms with van der Waals surface area (Å²) in [5.74, 6) is -0.708. The fraction of sp³-hybridized carbons (Fsp3) is 0.231. The molecule has 0 fully saturated rings. The van der Waals surface area contributed by atoms with Gasteiger partial charge in [0, 0.05) is 6.54 Å². The van der Waals surface area contributed by atoms with Crippen molar-refractivity contribution in [2.75, 3.05) is 5.75 Å². The van der Waals surface area contributed by atoms with Gasteiger partial charge < -0.3 is 19.4 Å². The van der Waals surface area contributed by atoms with Crippen molar-refractivity contribution in [1.82, 2.24) is 20.1 Å². The fourth-order valence-electron chi connectivity index (χ4n) is 1.65. The summed E-state index contributed by atoms with van der Waals surface area (Å²) < 4.78 is 6.69. The zero-order valence-electron chi connectivity index (χ0n) is 11.6. The van der Waals surface area contributed by atoms with Gasteiger partial charge in [-0.25, -0.2) is 0 Å². The number of nitrogens with one attached hydrogen (secondary N) is 1. The number of carboxylic acids is 1. The molecule has 2 aromatic rings. The summed E-state index contributed by atoms with van der Waals surface area (Å²) in [4.78, 5) is 22.4. The van der Waals surface area contributed by atoms with Gasteiger partial charge in [-0.2, -0.15) is 0 Å². The van der Waals surface area contributed by atoms with Gasteiger partial charge in [-0.15, -0.1) is 16.8 Å². The second-order valence-electron chi connectivity index (χ2n) is 4.14. The average molecular weight is 322 g/mol. The summed E-state index contributed by atoms with van der Waals surface area (Å²) in [5, 5.41) is 19.8. The molecule has 0 aliphatic rings. The van der Waals surface area contributed by atoms with Gasteiger partial charge >= 0.3 is 5.97 Å². The predicted molar refractivity (Wildman–Crippen MR) is 78.5 cm³/mol. The molecule has 0 bridgehead atoms. The van der Waals surface area contributed by atoms with E-state index in [-0.39, 0.29) is 24.0 Å². The number of nitrogens with zero attached hydrogens (tertiary/aromatic N) is 3. The van der Waals surface area contributed by atoms with Crippen LogP contribution in [0.4, 0.5) is 0 Å². The zero-order valence-corrected chi connectivity index (χ0v) is 12.4. The predicted octanol–water partition coefficient (Wildman–Crippen LogP) is 1.16. The number of aromatic nitrogens is 3. The Labute approximate surface area is 130 Å². The first-order valence-electron chi connectivity index (χ1n) is 6.31. The van der Waals surface area contributed by atoms with Gasteiger partial charge in [0.2, 0.25) is 0 Å². The average Bonchev–Trinajstić information content (AvgIpc) is 3.13. The van der Waals surface area contributed by atoms with E-state index in [4.69, 9.17) is 9.52 Å². The third-order valence-corrected chi connectivity index (χ3v) is 3.53. The molecule has 2 rings (SSSR count). The maximum Gasteiger partial charge on any atom is 0.313 e. The highest BCUT2D eigenvalue weighted by Crippen LogP contribution is 2.17. The van der Waals surface area contributed by atoms with Crippen molar-refractivity contribution in [2.45, 2.75) is 18.2 Å². The molecule has 22 heavy (non-hydrogen) atoms. The fourth-order valence-corrected chi connectivity index (χ4v) is 2.34. The number of allylic oxidation sites excluding steroid dienone is 1. The highest BCUT2D eigenvalue weighted by Gasteiger charge is 2.15. The Kier molecular flexibility index (Phi) is 5.37.